The Morgan fingerprint density at radius 2 is 2.00 bits per heavy atom. The van der Waals surface area contributed by atoms with Crippen LogP contribution >= 0.6 is 24.0 Å². The van der Waals surface area contributed by atoms with Crippen molar-refractivity contribution in [3.63, 3.8) is 0 Å². The quantitative estimate of drug-likeness (QED) is 0.235. The number of rotatable bonds is 7. The van der Waals surface area contributed by atoms with Gasteiger partial charge in [0.05, 0.1) is 6.26 Å². The van der Waals surface area contributed by atoms with E-state index in [1.165, 1.54) is 5.56 Å². The first-order valence-corrected chi connectivity index (χ1v) is 11.0. The minimum Gasteiger partial charge on any atom is -0.461 e. The number of piperidine rings is 1. The first-order valence-electron chi connectivity index (χ1n) is 11.0. The van der Waals surface area contributed by atoms with Crippen molar-refractivity contribution in [2.45, 2.75) is 45.3 Å². The highest BCUT2D eigenvalue weighted by atomic mass is 127. The Bertz CT molecular complexity index is 950. The van der Waals surface area contributed by atoms with Gasteiger partial charge in [-0.25, -0.2) is 9.98 Å². The summed E-state index contributed by atoms with van der Waals surface area (Å²) in [5, 5.41) is 14.1. The number of hydrogen-bond donors (Lipinski definition) is 3. The highest BCUT2D eigenvalue weighted by Crippen LogP contribution is 2.24. The second-order valence-electron chi connectivity index (χ2n) is 7.82. The lowest BCUT2D eigenvalue weighted by Crippen LogP contribution is -2.49. The van der Waals surface area contributed by atoms with E-state index in [9.17, 15) is 0 Å². The van der Waals surface area contributed by atoms with Crippen molar-refractivity contribution >= 4 is 29.9 Å². The second kappa shape index (κ2) is 12.0. The summed E-state index contributed by atoms with van der Waals surface area (Å²) in [5.74, 6) is 2.71. The number of benzene rings is 1. The molecule has 2 aromatic heterocycles. The predicted octanol–water partition coefficient (Wildman–Crippen LogP) is 3.96. The molecule has 4 rings (SSSR count). The zero-order valence-corrected chi connectivity index (χ0v) is 21.0. The lowest BCUT2D eigenvalue weighted by molar-refractivity contribution is 0.158. The van der Waals surface area contributed by atoms with Gasteiger partial charge in [-0.05, 0) is 44.4 Å². The SMILES string of the molecule is CCNC(=NCc1nc(-c2ccco2)n[nH]1)NC1CCN(C(C)c2ccccc2)CC1.I. The van der Waals surface area contributed by atoms with Gasteiger partial charge in [0.1, 0.15) is 12.4 Å². The summed E-state index contributed by atoms with van der Waals surface area (Å²) >= 11 is 0. The molecule has 1 aliphatic rings. The van der Waals surface area contributed by atoms with E-state index in [0.717, 1.165) is 38.4 Å². The van der Waals surface area contributed by atoms with Crippen LogP contribution in [-0.2, 0) is 6.54 Å². The fourth-order valence-electron chi connectivity index (χ4n) is 3.92. The zero-order chi connectivity index (χ0) is 21.5. The minimum atomic E-state index is 0. The molecule has 1 saturated heterocycles. The minimum absolute atomic E-state index is 0. The third-order valence-corrected chi connectivity index (χ3v) is 5.70. The third-order valence-electron chi connectivity index (χ3n) is 5.70. The predicted molar refractivity (Wildman–Crippen MR) is 137 cm³/mol. The van der Waals surface area contributed by atoms with Crippen LogP contribution in [0.2, 0.25) is 0 Å². The van der Waals surface area contributed by atoms with Gasteiger partial charge in [-0.1, -0.05) is 30.3 Å². The maximum absolute atomic E-state index is 5.34. The molecular formula is C23H32IN7O. The molecule has 0 bridgehead atoms. The standard InChI is InChI=1S/C23H31N7O.HI/c1-3-24-23(25-16-21-27-22(29-28-21)20-10-7-15-31-20)26-19-11-13-30(14-12-19)17(2)18-8-5-4-6-9-18;/h4-10,15,17,19H,3,11-14,16H2,1-2H3,(H2,24,25,26)(H,27,28,29);1H. The zero-order valence-electron chi connectivity index (χ0n) is 18.6. The topological polar surface area (TPSA) is 94.4 Å². The summed E-state index contributed by atoms with van der Waals surface area (Å²) in [6, 6.07) is 15.2. The smallest absolute Gasteiger partial charge is 0.216 e. The maximum Gasteiger partial charge on any atom is 0.216 e. The molecule has 32 heavy (non-hydrogen) atoms. The van der Waals surface area contributed by atoms with E-state index in [-0.39, 0.29) is 24.0 Å². The fourth-order valence-corrected chi connectivity index (χ4v) is 3.92. The van der Waals surface area contributed by atoms with E-state index in [1.807, 2.05) is 12.1 Å². The Morgan fingerprint density at radius 1 is 1.22 bits per heavy atom. The Labute approximate surface area is 206 Å². The first kappa shape index (κ1) is 24.2. The molecule has 1 fully saturated rings. The van der Waals surface area contributed by atoms with Gasteiger partial charge in [-0.2, -0.15) is 0 Å². The van der Waals surface area contributed by atoms with Crippen LogP contribution in [0.5, 0.6) is 0 Å². The molecule has 8 nitrogen and oxygen atoms in total. The highest BCUT2D eigenvalue weighted by molar-refractivity contribution is 14.0. The third kappa shape index (κ3) is 6.32. The van der Waals surface area contributed by atoms with Gasteiger partial charge in [0, 0.05) is 31.7 Å². The highest BCUT2D eigenvalue weighted by Gasteiger charge is 2.24. The van der Waals surface area contributed by atoms with Crippen LogP contribution in [0.1, 0.15) is 44.1 Å². The Balaban J connectivity index is 0.00000289. The average molecular weight is 549 g/mol. The van der Waals surface area contributed by atoms with Crippen LogP contribution in [-0.4, -0.2) is 51.7 Å². The molecule has 0 spiro atoms. The Hall–Kier alpha value is -2.40. The lowest BCUT2D eigenvalue weighted by atomic mass is 10.0. The Kier molecular flexibility index (Phi) is 9.10. The molecule has 0 saturated carbocycles. The monoisotopic (exact) mass is 549 g/mol. The lowest BCUT2D eigenvalue weighted by Gasteiger charge is -2.37. The van der Waals surface area contributed by atoms with Gasteiger partial charge in [0.15, 0.2) is 11.7 Å². The van der Waals surface area contributed by atoms with Gasteiger partial charge >= 0.3 is 0 Å². The molecule has 3 heterocycles. The molecule has 1 atom stereocenters. The van der Waals surface area contributed by atoms with E-state index in [4.69, 9.17) is 9.41 Å². The van der Waals surface area contributed by atoms with Crippen LogP contribution in [0, 0.1) is 0 Å². The molecule has 0 aliphatic carbocycles. The van der Waals surface area contributed by atoms with E-state index in [2.05, 4.69) is 74.9 Å². The van der Waals surface area contributed by atoms with Crippen LogP contribution in [0.15, 0.2) is 58.1 Å². The van der Waals surface area contributed by atoms with Gasteiger partial charge < -0.3 is 15.1 Å². The van der Waals surface area contributed by atoms with E-state index < -0.39 is 0 Å². The average Bonchev–Trinajstić information content (AvgIpc) is 3.50. The number of likely N-dealkylation sites (tertiary alicyclic amines) is 1. The second-order valence-corrected chi connectivity index (χ2v) is 7.82. The summed E-state index contributed by atoms with van der Waals surface area (Å²) in [6.07, 6.45) is 3.79. The van der Waals surface area contributed by atoms with Crippen LogP contribution in [0.4, 0.5) is 0 Å². The molecule has 0 amide bonds. The van der Waals surface area contributed by atoms with Gasteiger partial charge in [-0.3, -0.25) is 10.00 Å². The van der Waals surface area contributed by atoms with Crippen molar-refractivity contribution in [3.05, 3.63) is 60.1 Å². The van der Waals surface area contributed by atoms with Crippen molar-refractivity contribution < 1.29 is 4.42 Å². The normalized spacial score (nSPS) is 16.4. The molecule has 9 heteroatoms. The summed E-state index contributed by atoms with van der Waals surface area (Å²) in [7, 11) is 0. The van der Waals surface area contributed by atoms with Gasteiger partial charge in [-0.15, -0.1) is 29.1 Å². The van der Waals surface area contributed by atoms with Gasteiger partial charge in [0.2, 0.25) is 5.82 Å². The maximum atomic E-state index is 5.34. The van der Waals surface area contributed by atoms with Crippen molar-refractivity contribution in [1.82, 2.24) is 30.7 Å². The van der Waals surface area contributed by atoms with Crippen molar-refractivity contribution in [2.75, 3.05) is 19.6 Å². The number of H-pyrrole nitrogens is 1. The van der Waals surface area contributed by atoms with E-state index in [0.29, 0.717) is 36.0 Å². The number of aromatic nitrogens is 3. The van der Waals surface area contributed by atoms with E-state index >= 15 is 0 Å². The summed E-state index contributed by atoms with van der Waals surface area (Å²) < 4.78 is 5.34. The number of nitrogens with zero attached hydrogens (tertiary/aromatic N) is 4. The van der Waals surface area contributed by atoms with Crippen molar-refractivity contribution in [2.24, 2.45) is 4.99 Å². The number of guanidine groups is 1. The molecule has 3 N–H and O–H groups in total. The van der Waals surface area contributed by atoms with Crippen molar-refractivity contribution in [3.8, 4) is 11.6 Å². The molecule has 1 aliphatic heterocycles. The first-order chi connectivity index (χ1) is 15.2. The number of aliphatic imine (C=N–C) groups is 1. The summed E-state index contributed by atoms with van der Waals surface area (Å²) in [4.78, 5) is 11.7. The molecule has 1 unspecified atom stereocenters. The Morgan fingerprint density at radius 3 is 2.69 bits per heavy atom. The van der Waals surface area contributed by atoms with Crippen LogP contribution in [0.3, 0.4) is 0 Å². The van der Waals surface area contributed by atoms with Crippen LogP contribution < -0.4 is 10.6 Å². The number of hydrogen-bond acceptors (Lipinski definition) is 5. The molecule has 1 aromatic carbocycles. The van der Waals surface area contributed by atoms with Gasteiger partial charge in [0.25, 0.3) is 0 Å². The number of aromatic amines is 1. The number of furan rings is 1. The largest absolute Gasteiger partial charge is 0.461 e. The summed E-state index contributed by atoms with van der Waals surface area (Å²) in [6.45, 7) is 7.74. The number of halogens is 1. The number of nitrogens with one attached hydrogen (secondary N) is 3. The summed E-state index contributed by atoms with van der Waals surface area (Å²) in [5.41, 5.74) is 1.38. The molecule has 3 aromatic rings. The molecule has 172 valence electrons. The van der Waals surface area contributed by atoms with Crippen molar-refractivity contribution in [1.29, 1.82) is 0 Å². The molecular weight excluding hydrogens is 517 g/mol. The van der Waals surface area contributed by atoms with Crippen LogP contribution in [0.25, 0.3) is 11.6 Å². The van der Waals surface area contributed by atoms with E-state index in [1.54, 1.807) is 6.26 Å². The fraction of sp³-hybridized carbons (Fsp3) is 0.435. The molecule has 0 radical (unpaired) electrons.